The number of ether oxygens (including phenoxy) is 1. The number of hydrogen-bond donors (Lipinski definition) is 4. The summed E-state index contributed by atoms with van der Waals surface area (Å²) in [4.78, 5) is 19.6. The van der Waals surface area contributed by atoms with Gasteiger partial charge in [0.1, 0.15) is 5.60 Å². The number of hydrogen-bond acceptors (Lipinski definition) is 3. The van der Waals surface area contributed by atoms with Gasteiger partial charge in [0, 0.05) is 43.3 Å². The maximum Gasteiger partial charge on any atom is 0.407 e. The highest BCUT2D eigenvalue weighted by atomic mass is 16.6. The maximum atomic E-state index is 11.7. The second-order valence-electron chi connectivity index (χ2n) is 7.68. The van der Waals surface area contributed by atoms with Crippen molar-refractivity contribution in [3.05, 3.63) is 35.5 Å². The van der Waals surface area contributed by atoms with E-state index in [1.165, 1.54) is 16.5 Å². The van der Waals surface area contributed by atoms with Crippen molar-refractivity contribution < 1.29 is 9.53 Å². The highest BCUT2D eigenvalue weighted by Gasteiger charge is 2.15. The zero-order chi connectivity index (χ0) is 20.6. The fourth-order valence-electron chi connectivity index (χ4n) is 2.94. The first-order chi connectivity index (χ1) is 13.3. The quantitative estimate of drug-likeness (QED) is 0.334. The highest BCUT2D eigenvalue weighted by Crippen LogP contribution is 2.22. The summed E-state index contributed by atoms with van der Waals surface area (Å²) in [6.45, 7) is 12.2. The summed E-state index contributed by atoms with van der Waals surface area (Å²) in [5.41, 5.74) is 3.22. The lowest BCUT2D eigenvalue weighted by molar-refractivity contribution is 0.0529. The molecule has 0 bridgehead atoms. The number of H-pyrrole nitrogens is 1. The summed E-state index contributed by atoms with van der Waals surface area (Å²) in [7, 11) is 0. The normalized spacial score (nSPS) is 12.1. The van der Waals surface area contributed by atoms with Crippen molar-refractivity contribution >= 4 is 23.0 Å². The van der Waals surface area contributed by atoms with Crippen LogP contribution in [-0.4, -0.2) is 48.8 Å². The van der Waals surface area contributed by atoms with Crippen molar-refractivity contribution in [3.63, 3.8) is 0 Å². The molecule has 0 atom stereocenters. The number of carbonyl (C=O) groups excluding carboxylic acids is 1. The van der Waals surface area contributed by atoms with Crippen molar-refractivity contribution in [1.82, 2.24) is 20.9 Å². The van der Waals surface area contributed by atoms with Crippen molar-refractivity contribution in [3.8, 4) is 0 Å². The predicted molar refractivity (Wildman–Crippen MR) is 115 cm³/mol. The van der Waals surface area contributed by atoms with Gasteiger partial charge < -0.3 is 25.7 Å². The van der Waals surface area contributed by atoms with Gasteiger partial charge in [-0.25, -0.2) is 4.79 Å². The summed E-state index contributed by atoms with van der Waals surface area (Å²) < 4.78 is 5.22. The van der Waals surface area contributed by atoms with Crippen LogP contribution >= 0.6 is 0 Å². The summed E-state index contributed by atoms with van der Waals surface area (Å²) in [5.74, 6) is 0.741. The zero-order valence-corrected chi connectivity index (χ0v) is 17.6. The minimum Gasteiger partial charge on any atom is -0.444 e. The number of aromatic amines is 1. The topological polar surface area (TPSA) is 90.5 Å². The summed E-state index contributed by atoms with van der Waals surface area (Å²) in [5, 5.41) is 10.5. The molecule has 7 nitrogen and oxygen atoms in total. The van der Waals surface area contributed by atoms with E-state index in [9.17, 15) is 4.79 Å². The van der Waals surface area contributed by atoms with Crippen LogP contribution in [0.4, 0.5) is 4.79 Å². The third-order valence-corrected chi connectivity index (χ3v) is 4.08. The fourth-order valence-corrected chi connectivity index (χ4v) is 2.94. The number of nitrogens with one attached hydrogen (secondary N) is 4. The molecule has 7 heteroatoms. The van der Waals surface area contributed by atoms with Crippen molar-refractivity contribution in [2.45, 2.75) is 46.6 Å². The van der Waals surface area contributed by atoms with Crippen LogP contribution < -0.4 is 16.0 Å². The summed E-state index contributed by atoms with van der Waals surface area (Å²) >= 11 is 0. The molecular weight excluding hydrogens is 354 g/mol. The number of alkyl carbamates (subject to hydrolysis) is 1. The summed E-state index contributed by atoms with van der Waals surface area (Å²) in [6.07, 6.45) is 2.52. The molecule has 0 aliphatic rings. The molecule has 1 amide bonds. The molecule has 4 N–H and O–H groups in total. The minimum atomic E-state index is -0.491. The highest BCUT2D eigenvalue weighted by molar-refractivity contribution is 5.86. The van der Waals surface area contributed by atoms with Crippen molar-refractivity contribution in [2.75, 3.05) is 26.2 Å². The molecule has 0 aliphatic heterocycles. The number of amides is 1. The van der Waals surface area contributed by atoms with E-state index in [0.29, 0.717) is 19.6 Å². The van der Waals surface area contributed by atoms with Gasteiger partial charge in [0.15, 0.2) is 5.96 Å². The van der Waals surface area contributed by atoms with Crippen LogP contribution in [0.1, 0.15) is 38.8 Å². The first-order valence-electron chi connectivity index (χ1n) is 9.84. The Hall–Kier alpha value is -2.70. The molecule has 0 spiro atoms. The van der Waals surface area contributed by atoms with E-state index in [1.54, 1.807) is 0 Å². The third-order valence-electron chi connectivity index (χ3n) is 4.08. The van der Waals surface area contributed by atoms with Crippen LogP contribution in [0, 0.1) is 6.92 Å². The SMILES string of the molecule is CCNC(=NCCc1c[nH]c2cccc(C)c12)NCCNC(=O)OC(C)(C)C. The van der Waals surface area contributed by atoms with Gasteiger partial charge in [0.05, 0.1) is 0 Å². The van der Waals surface area contributed by atoms with Gasteiger partial charge in [-0.05, 0) is 58.2 Å². The fraction of sp³-hybridized carbons (Fsp3) is 0.524. The largest absolute Gasteiger partial charge is 0.444 e. The van der Waals surface area contributed by atoms with Crippen LogP contribution in [0.15, 0.2) is 29.4 Å². The standard InChI is InChI=1S/C21H33N5O2/c1-6-22-19(24-12-13-25-20(27)28-21(3,4)5)23-11-10-16-14-26-17-9-7-8-15(2)18(16)17/h7-9,14,26H,6,10-13H2,1-5H3,(H,25,27)(H2,22,23,24). The number of nitrogens with zero attached hydrogens (tertiary/aromatic N) is 1. The van der Waals surface area contributed by atoms with E-state index < -0.39 is 11.7 Å². The number of aromatic nitrogens is 1. The monoisotopic (exact) mass is 387 g/mol. The van der Waals surface area contributed by atoms with E-state index in [0.717, 1.165) is 24.4 Å². The average molecular weight is 388 g/mol. The maximum absolute atomic E-state index is 11.7. The number of aryl methyl sites for hydroxylation is 1. The van der Waals surface area contributed by atoms with E-state index in [2.05, 4.69) is 57.2 Å². The third kappa shape index (κ3) is 6.79. The lowest BCUT2D eigenvalue weighted by Crippen LogP contribution is -2.42. The summed E-state index contributed by atoms with van der Waals surface area (Å²) in [6, 6.07) is 6.29. The van der Waals surface area contributed by atoms with Crippen LogP contribution in [0.2, 0.25) is 0 Å². The first-order valence-corrected chi connectivity index (χ1v) is 9.84. The Morgan fingerprint density at radius 3 is 2.64 bits per heavy atom. The molecule has 2 aromatic rings. The van der Waals surface area contributed by atoms with Crippen LogP contribution in [0.3, 0.4) is 0 Å². The smallest absolute Gasteiger partial charge is 0.407 e. The second kappa shape index (κ2) is 10.0. The van der Waals surface area contributed by atoms with Gasteiger partial charge >= 0.3 is 6.09 Å². The molecule has 1 heterocycles. The second-order valence-corrected chi connectivity index (χ2v) is 7.68. The van der Waals surface area contributed by atoms with E-state index in [1.807, 2.05) is 27.7 Å². The van der Waals surface area contributed by atoms with Gasteiger partial charge in [0.25, 0.3) is 0 Å². The molecule has 0 fully saturated rings. The van der Waals surface area contributed by atoms with Crippen molar-refractivity contribution in [2.24, 2.45) is 4.99 Å². The van der Waals surface area contributed by atoms with Gasteiger partial charge in [-0.15, -0.1) is 0 Å². The molecule has 0 unspecified atom stereocenters. The van der Waals surface area contributed by atoms with Crippen LogP contribution in [-0.2, 0) is 11.2 Å². The van der Waals surface area contributed by atoms with E-state index >= 15 is 0 Å². The molecule has 0 aliphatic carbocycles. The van der Waals surface area contributed by atoms with Gasteiger partial charge in [-0.1, -0.05) is 12.1 Å². The molecule has 1 aromatic heterocycles. The Morgan fingerprint density at radius 1 is 1.18 bits per heavy atom. The molecule has 0 saturated carbocycles. The van der Waals surface area contributed by atoms with Gasteiger partial charge in [0.2, 0.25) is 0 Å². The Morgan fingerprint density at radius 2 is 1.93 bits per heavy atom. The van der Waals surface area contributed by atoms with Crippen LogP contribution in [0.25, 0.3) is 10.9 Å². The zero-order valence-electron chi connectivity index (χ0n) is 17.6. The molecular formula is C21H33N5O2. The lowest BCUT2D eigenvalue weighted by Gasteiger charge is -2.19. The Balaban J connectivity index is 1.82. The Labute approximate surface area is 167 Å². The van der Waals surface area contributed by atoms with E-state index in [4.69, 9.17) is 4.74 Å². The molecule has 2 rings (SSSR count). The minimum absolute atomic E-state index is 0.411. The Kier molecular flexibility index (Phi) is 7.72. The lowest BCUT2D eigenvalue weighted by atomic mass is 10.1. The molecule has 154 valence electrons. The predicted octanol–water partition coefficient (Wildman–Crippen LogP) is 3.10. The van der Waals surface area contributed by atoms with Crippen molar-refractivity contribution in [1.29, 1.82) is 0 Å². The number of rotatable bonds is 7. The first kappa shape index (κ1) is 21.6. The van der Waals surface area contributed by atoms with Gasteiger partial charge in [-0.3, -0.25) is 4.99 Å². The van der Waals surface area contributed by atoms with Gasteiger partial charge in [-0.2, -0.15) is 0 Å². The molecule has 0 saturated heterocycles. The van der Waals surface area contributed by atoms with E-state index in [-0.39, 0.29) is 0 Å². The molecule has 0 radical (unpaired) electrons. The Bertz CT molecular complexity index is 805. The number of carbonyl (C=O) groups is 1. The molecule has 1 aromatic carbocycles. The number of aliphatic imine (C=N–C) groups is 1. The van der Waals surface area contributed by atoms with Crippen LogP contribution in [0.5, 0.6) is 0 Å². The number of guanidine groups is 1. The molecule has 28 heavy (non-hydrogen) atoms. The average Bonchev–Trinajstić information content (AvgIpc) is 3.01. The number of benzene rings is 1. The number of fused-ring (bicyclic) bond motifs is 1.